The lowest BCUT2D eigenvalue weighted by Crippen LogP contribution is -2.49. The number of hydrogen-bond acceptors (Lipinski definition) is 3. The highest BCUT2D eigenvalue weighted by Crippen LogP contribution is 2.59. The van der Waals surface area contributed by atoms with Crippen LogP contribution in [0, 0.1) is 23.2 Å². The van der Waals surface area contributed by atoms with Gasteiger partial charge in [-0.25, -0.2) is 4.98 Å². The summed E-state index contributed by atoms with van der Waals surface area (Å²) in [6, 6.07) is 3.92. The Morgan fingerprint density at radius 2 is 1.74 bits per heavy atom. The van der Waals surface area contributed by atoms with Crippen molar-refractivity contribution in [2.24, 2.45) is 23.2 Å². The van der Waals surface area contributed by atoms with Crippen molar-refractivity contribution in [2.75, 3.05) is 17.6 Å². The third-order valence-corrected chi connectivity index (χ3v) is 5.62. The van der Waals surface area contributed by atoms with Crippen molar-refractivity contribution in [2.45, 2.75) is 38.5 Å². The highest BCUT2D eigenvalue weighted by molar-refractivity contribution is 5.45. The van der Waals surface area contributed by atoms with E-state index in [2.05, 4.69) is 10.3 Å². The fourth-order valence-corrected chi connectivity index (χ4v) is 5.31. The van der Waals surface area contributed by atoms with Crippen molar-refractivity contribution in [3.05, 3.63) is 18.3 Å². The molecule has 0 unspecified atom stereocenters. The van der Waals surface area contributed by atoms with Gasteiger partial charge >= 0.3 is 0 Å². The standard InChI is InChI=1S/C16H23N3/c17-15-2-1-14(9-18-15)19-10-16-6-11-3-12(7-16)5-13(4-11)8-16/h1-2,9,11-13,19H,3-8,10H2,(H2,17,18). The minimum absolute atomic E-state index is 0.580. The van der Waals surface area contributed by atoms with Gasteiger partial charge in [-0.05, 0) is 73.8 Å². The Balaban J connectivity index is 1.46. The van der Waals surface area contributed by atoms with Crippen LogP contribution in [0.1, 0.15) is 38.5 Å². The third kappa shape index (κ3) is 2.09. The molecule has 4 aliphatic carbocycles. The van der Waals surface area contributed by atoms with Gasteiger partial charge in [0.2, 0.25) is 0 Å². The molecule has 3 nitrogen and oxygen atoms in total. The summed E-state index contributed by atoms with van der Waals surface area (Å²) in [7, 11) is 0. The van der Waals surface area contributed by atoms with E-state index in [0.29, 0.717) is 11.2 Å². The molecule has 0 aliphatic heterocycles. The Morgan fingerprint density at radius 3 is 2.26 bits per heavy atom. The molecule has 0 amide bonds. The number of anilines is 2. The average molecular weight is 257 g/mol. The van der Waals surface area contributed by atoms with Gasteiger partial charge in [0.05, 0.1) is 11.9 Å². The molecule has 4 saturated carbocycles. The summed E-state index contributed by atoms with van der Waals surface area (Å²) in [5.74, 6) is 3.67. The second kappa shape index (κ2) is 4.12. The van der Waals surface area contributed by atoms with Crippen LogP contribution < -0.4 is 11.1 Å². The first-order chi connectivity index (χ1) is 9.21. The van der Waals surface area contributed by atoms with E-state index in [1.165, 1.54) is 38.5 Å². The van der Waals surface area contributed by atoms with E-state index in [1.807, 2.05) is 18.3 Å². The molecule has 1 aromatic heterocycles. The Bertz CT molecular complexity index is 430. The zero-order chi connectivity index (χ0) is 12.9. The Hall–Kier alpha value is -1.25. The van der Waals surface area contributed by atoms with Gasteiger partial charge in [0.1, 0.15) is 5.82 Å². The first kappa shape index (κ1) is 11.6. The summed E-state index contributed by atoms with van der Waals surface area (Å²) in [4.78, 5) is 4.16. The van der Waals surface area contributed by atoms with E-state index >= 15 is 0 Å². The fraction of sp³-hybridized carbons (Fsp3) is 0.688. The van der Waals surface area contributed by atoms with Crippen LogP contribution in [0.15, 0.2) is 18.3 Å². The lowest BCUT2D eigenvalue weighted by Gasteiger charge is -2.57. The molecular formula is C16H23N3. The summed E-state index contributed by atoms with van der Waals surface area (Å²) >= 11 is 0. The van der Waals surface area contributed by atoms with Crippen LogP contribution in [0.25, 0.3) is 0 Å². The van der Waals surface area contributed by atoms with Gasteiger partial charge in [-0.2, -0.15) is 0 Å². The Morgan fingerprint density at radius 1 is 1.11 bits per heavy atom. The molecule has 0 radical (unpaired) electrons. The molecule has 19 heavy (non-hydrogen) atoms. The molecule has 1 heterocycles. The summed E-state index contributed by atoms with van der Waals surface area (Å²) in [6.07, 6.45) is 10.8. The number of nitrogens with zero attached hydrogens (tertiary/aromatic N) is 1. The summed E-state index contributed by atoms with van der Waals surface area (Å²) < 4.78 is 0. The van der Waals surface area contributed by atoms with Crippen LogP contribution >= 0.6 is 0 Å². The molecule has 3 heteroatoms. The highest BCUT2D eigenvalue weighted by Gasteiger charge is 2.50. The molecule has 0 saturated heterocycles. The first-order valence-corrected chi connectivity index (χ1v) is 7.66. The first-order valence-electron chi connectivity index (χ1n) is 7.66. The normalized spacial score (nSPS) is 39.5. The fourth-order valence-electron chi connectivity index (χ4n) is 5.31. The van der Waals surface area contributed by atoms with Crippen LogP contribution in [0.3, 0.4) is 0 Å². The van der Waals surface area contributed by atoms with Crippen molar-refractivity contribution in [1.82, 2.24) is 4.98 Å². The van der Waals surface area contributed by atoms with E-state index in [-0.39, 0.29) is 0 Å². The van der Waals surface area contributed by atoms with Gasteiger partial charge in [0.15, 0.2) is 0 Å². The maximum Gasteiger partial charge on any atom is 0.123 e. The number of nitrogens with two attached hydrogens (primary N) is 1. The zero-order valence-corrected chi connectivity index (χ0v) is 11.4. The van der Waals surface area contributed by atoms with Crippen LogP contribution in [0.4, 0.5) is 11.5 Å². The summed E-state index contributed by atoms with van der Waals surface area (Å²) in [5.41, 5.74) is 7.33. The highest BCUT2D eigenvalue weighted by atomic mass is 14.9. The maximum absolute atomic E-state index is 5.63. The lowest BCUT2D eigenvalue weighted by molar-refractivity contribution is -0.0444. The van der Waals surface area contributed by atoms with E-state index < -0.39 is 0 Å². The maximum atomic E-state index is 5.63. The molecule has 4 fully saturated rings. The van der Waals surface area contributed by atoms with E-state index in [1.54, 1.807) is 0 Å². The van der Waals surface area contributed by atoms with Crippen LogP contribution in [0.2, 0.25) is 0 Å². The van der Waals surface area contributed by atoms with Gasteiger partial charge in [0, 0.05) is 6.54 Å². The molecule has 4 aliphatic rings. The van der Waals surface area contributed by atoms with E-state index in [9.17, 15) is 0 Å². The molecule has 5 rings (SSSR count). The minimum atomic E-state index is 0.580. The van der Waals surface area contributed by atoms with Crippen LogP contribution in [0.5, 0.6) is 0 Å². The number of nitrogens with one attached hydrogen (secondary N) is 1. The Labute approximate surface area is 115 Å². The topological polar surface area (TPSA) is 50.9 Å². The van der Waals surface area contributed by atoms with Gasteiger partial charge < -0.3 is 11.1 Å². The number of rotatable bonds is 3. The molecule has 1 aromatic rings. The largest absolute Gasteiger partial charge is 0.384 e. The van der Waals surface area contributed by atoms with Crippen molar-refractivity contribution in [1.29, 1.82) is 0 Å². The Kier molecular flexibility index (Phi) is 2.51. The monoisotopic (exact) mass is 257 g/mol. The second-order valence-corrected chi connectivity index (χ2v) is 7.24. The minimum Gasteiger partial charge on any atom is -0.384 e. The summed E-state index contributed by atoms with van der Waals surface area (Å²) in [6.45, 7) is 1.13. The molecule has 4 bridgehead atoms. The van der Waals surface area contributed by atoms with E-state index in [4.69, 9.17) is 5.73 Å². The zero-order valence-electron chi connectivity index (χ0n) is 11.4. The van der Waals surface area contributed by atoms with Gasteiger partial charge in [-0.1, -0.05) is 0 Å². The third-order valence-electron chi connectivity index (χ3n) is 5.62. The van der Waals surface area contributed by atoms with Crippen LogP contribution in [-0.4, -0.2) is 11.5 Å². The number of nitrogen functional groups attached to an aromatic ring is 1. The SMILES string of the molecule is Nc1ccc(NCC23CC4CC(CC(C4)C2)C3)cn1. The van der Waals surface area contributed by atoms with Crippen molar-refractivity contribution >= 4 is 11.5 Å². The molecule has 102 valence electrons. The van der Waals surface area contributed by atoms with Crippen molar-refractivity contribution in [3.63, 3.8) is 0 Å². The smallest absolute Gasteiger partial charge is 0.123 e. The molecule has 0 atom stereocenters. The lowest BCUT2D eigenvalue weighted by atomic mass is 9.49. The molecule has 3 N–H and O–H groups in total. The van der Waals surface area contributed by atoms with Gasteiger partial charge in [0.25, 0.3) is 0 Å². The van der Waals surface area contributed by atoms with Crippen molar-refractivity contribution < 1.29 is 0 Å². The summed E-state index contributed by atoms with van der Waals surface area (Å²) in [5, 5.41) is 3.61. The van der Waals surface area contributed by atoms with Crippen LogP contribution in [-0.2, 0) is 0 Å². The number of hydrogen-bond donors (Lipinski definition) is 2. The molecular weight excluding hydrogens is 234 g/mol. The number of aromatic nitrogens is 1. The van der Waals surface area contributed by atoms with E-state index in [0.717, 1.165) is 30.0 Å². The van der Waals surface area contributed by atoms with Gasteiger partial charge in [-0.15, -0.1) is 0 Å². The predicted molar refractivity (Wildman–Crippen MR) is 77.7 cm³/mol. The quantitative estimate of drug-likeness (QED) is 0.873. The average Bonchev–Trinajstić information content (AvgIpc) is 2.36. The number of pyridine rings is 1. The van der Waals surface area contributed by atoms with Crippen molar-refractivity contribution in [3.8, 4) is 0 Å². The molecule has 0 aromatic carbocycles. The van der Waals surface area contributed by atoms with Gasteiger partial charge in [-0.3, -0.25) is 0 Å². The predicted octanol–water partition coefficient (Wildman–Crippen LogP) is 3.29. The second-order valence-electron chi connectivity index (χ2n) is 7.24. The molecule has 0 spiro atoms.